The van der Waals surface area contributed by atoms with Crippen LogP contribution in [0.2, 0.25) is 10.0 Å². The van der Waals surface area contributed by atoms with E-state index < -0.39 is 5.97 Å². The number of aliphatic carboxylic acids is 1. The Labute approximate surface area is 133 Å². The molecule has 108 valence electrons. The van der Waals surface area contributed by atoms with E-state index in [0.29, 0.717) is 21.2 Å². The molecule has 0 saturated carbocycles. The van der Waals surface area contributed by atoms with E-state index in [2.05, 4.69) is 0 Å². The highest BCUT2D eigenvalue weighted by Crippen LogP contribution is 2.30. The van der Waals surface area contributed by atoms with Crippen LogP contribution in [0.1, 0.15) is 22.3 Å². The average Bonchev–Trinajstić information content (AvgIpc) is 2.43. The Morgan fingerprint density at radius 2 is 1.86 bits per heavy atom. The van der Waals surface area contributed by atoms with E-state index in [9.17, 15) is 9.90 Å². The quantitative estimate of drug-likeness (QED) is 0.620. The van der Waals surface area contributed by atoms with Crippen LogP contribution in [0.4, 0.5) is 0 Å². The number of halogens is 2. The molecule has 0 radical (unpaired) electrons. The Balaban J connectivity index is 2.64. The highest BCUT2D eigenvalue weighted by Gasteiger charge is 2.14. The number of hydrogen-bond acceptors (Lipinski definition) is 1. The fraction of sp³-hybridized carbons (Fsp3) is 0.118. The third-order valence-corrected chi connectivity index (χ3v) is 4.03. The van der Waals surface area contributed by atoms with Crippen molar-refractivity contribution < 1.29 is 9.90 Å². The Hall–Kier alpha value is -1.77. The van der Waals surface area contributed by atoms with Crippen molar-refractivity contribution in [1.82, 2.24) is 0 Å². The number of hydrogen-bond donors (Lipinski definition) is 1. The van der Waals surface area contributed by atoms with Crippen LogP contribution in [0.5, 0.6) is 0 Å². The van der Waals surface area contributed by atoms with Gasteiger partial charge in [0.1, 0.15) is 0 Å². The summed E-state index contributed by atoms with van der Waals surface area (Å²) in [6, 6.07) is 10.9. The summed E-state index contributed by atoms with van der Waals surface area (Å²) in [6.07, 6.45) is 1.55. The second-order valence-corrected chi connectivity index (χ2v) is 5.61. The molecule has 0 spiro atoms. The minimum Gasteiger partial charge on any atom is -0.478 e. The predicted octanol–water partition coefficient (Wildman–Crippen LogP) is 5.24. The highest BCUT2D eigenvalue weighted by atomic mass is 35.5. The number of carboxylic acid groups (broad SMARTS) is 1. The second kappa shape index (κ2) is 6.33. The van der Waals surface area contributed by atoms with Gasteiger partial charge in [0, 0.05) is 0 Å². The molecule has 0 aromatic heterocycles. The van der Waals surface area contributed by atoms with E-state index in [-0.39, 0.29) is 5.57 Å². The zero-order valence-corrected chi connectivity index (χ0v) is 13.2. The molecule has 0 amide bonds. The van der Waals surface area contributed by atoms with Crippen molar-refractivity contribution >= 4 is 40.8 Å². The number of benzene rings is 2. The lowest BCUT2D eigenvalue weighted by Gasteiger charge is -2.09. The van der Waals surface area contributed by atoms with Crippen LogP contribution in [0.25, 0.3) is 11.6 Å². The van der Waals surface area contributed by atoms with Crippen LogP contribution < -0.4 is 0 Å². The molecule has 2 rings (SSSR count). The summed E-state index contributed by atoms with van der Waals surface area (Å²) in [5.74, 6) is -1.00. The summed E-state index contributed by atoms with van der Waals surface area (Å²) < 4.78 is 0. The van der Waals surface area contributed by atoms with Crippen LogP contribution in [0.3, 0.4) is 0 Å². The molecule has 0 heterocycles. The van der Waals surface area contributed by atoms with Gasteiger partial charge in [-0.25, -0.2) is 4.79 Å². The molecular weight excluding hydrogens is 307 g/mol. The van der Waals surface area contributed by atoms with Gasteiger partial charge in [0.2, 0.25) is 0 Å². The first-order valence-electron chi connectivity index (χ1n) is 6.37. The zero-order valence-electron chi connectivity index (χ0n) is 11.7. The van der Waals surface area contributed by atoms with Gasteiger partial charge < -0.3 is 5.11 Å². The summed E-state index contributed by atoms with van der Waals surface area (Å²) in [7, 11) is 0. The summed E-state index contributed by atoms with van der Waals surface area (Å²) in [5.41, 5.74) is 3.36. The lowest BCUT2D eigenvalue weighted by atomic mass is 9.96. The zero-order chi connectivity index (χ0) is 15.6. The Morgan fingerprint density at radius 3 is 2.52 bits per heavy atom. The molecule has 2 aromatic rings. The molecule has 0 aliphatic carbocycles. The van der Waals surface area contributed by atoms with E-state index in [0.717, 1.165) is 11.1 Å². The van der Waals surface area contributed by atoms with Gasteiger partial charge in [-0.05, 0) is 42.7 Å². The fourth-order valence-electron chi connectivity index (χ4n) is 2.07. The predicted molar refractivity (Wildman–Crippen MR) is 87.9 cm³/mol. The smallest absolute Gasteiger partial charge is 0.336 e. The van der Waals surface area contributed by atoms with Crippen LogP contribution in [-0.2, 0) is 4.79 Å². The molecule has 0 aliphatic rings. The van der Waals surface area contributed by atoms with Crippen LogP contribution >= 0.6 is 23.2 Å². The first kappa shape index (κ1) is 15.6. The molecule has 0 aliphatic heterocycles. The topological polar surface area (TPSA) is 37.3 Å². The maximum Gasteiger partial charge on any atom is 0.336 e. The van der Waals surface area contributed by atoms with Gasteiger partial charge in [-0.1, -0.05) is 59.1 Å². The standard InChI is InChI=1S/C17H14Cl2O2/c1-10-6-7-11(2)13(8-10)14(17(20)21)9-12-4-3-5-15(18)16(12)19/h3-9H,1-2H3,(H,20,21)/b14-9-. The van der Waals surface area contributed by atoms with Crippen molar-refractivity contribution in [2.24, 2.45) is 0 Å². The number of carbonyl (C=O) groups is 1. The molecule has 0 saturated heterocycles. The number of rotatable bonds is 3. The largest absolute Gasteiger partial charge is 0.478 e. The molecule has 0 fully saturated rings. The van der Waals surface area contributed by atoms with Gasteiger partial charge in [0.05, 0.1) is 15.6 Å². The van der Waals surface area contributed by atoms with Gasteiger partial charge in [-0.2, -0.15) is 0 Å². The van der Waals surface area contributed by atoms with E-state index in [4.69, 9.17) is 23.2 Å². The van der Waals surface area contributed by atoms with E-state index in [1.165, 1.54) is 0 Å². The Kier molecular flexibility index (Phi) is 4.71. The molecule has 2 nitrogen and oxygen atoms in total. The molecule has 21 heavy (non-hydrogen) atoms. The molecule has 1 N–H and O–H groups in total. The van der Waals surface area contributed by atoms with Crippen molar-refractivity contribution in [3.05, 3.63) is 68.7 Å². The lowest BCUT2D eigenvalue weighted by molar-refractivity contribution is -0.130. The van der Waals surface area contributed by atoms with Crippen LogP contribution in [0, 0.1) is 13.8 Å². The minimum absolute atomic E-state index is 0.195. The molecular formula is C17H14Cl2O2. The van der Waals surface area contributed by atoms with E-state index in [1.807, 2.05) is 32.0 Å². The Morgan fingerprint density at radius 1 is 1.14 bits per heavy atom. The monoisotopic (exact) mass is 320 g/mol. The van der Waals surface area contributed by atoms with Crippen LogP contribution in [0.15, 0.2) is 36.4 Å². The summed E-state index contributed by atoms with van der Waals surface area (Å²) in [5, 5.41) is 10.3. The molecule has 4 heteroatoms. The van der Waals surface area contributed by atoms with Gasteiger partial charge in [-0.3, -0.25) is 0 Å². The van der Waals surface area contributed by atoms with Gasteiger partial charge in [0.15, 0.2) is 0 Å². The maximum atomic E-state index is 11.6. The van der Waals surface area contributed by atoms with Crippen molar-refractivity contribution in [1.29, 1.82) is 0 Å². The van der Waals surface area contributed by atoms with Crippen molar-refractivity contribution in [3.8, 4) is 0 Å². The summed E-state index contributed by atoms with van der Waals surface area (Å²) in [6.45, 7) is 3.81. The first-order valence-corrected chi connectivity index (χ1v) is 7.12. The van der Waals surface area contributed by atoms with Gasteiger partial charge in [-0.15, -0.1) is 0 Å². The van der Waals surface area contributed by atoms with Crippen molar-refractivity contribution in [2.75, 3.05) is 0 Å². The van der Waals surface area contributed by atoms with Gasteiger partial charge in [0.25, 0.3) is 0 Å². The van der Waals surface area contributed by atoms with E-state index >= 15 is 0 Å². The lowest BCUT2D eigenvalue weighted by Crippen LogP contribution is -2.02. The average molecular weight is 321 g/mol. The van der Waals surface area contributed by atoms with Gasteiger partial charge >= 0.3 is 5.97 Å². The maximum absolute atomic E-state index is 11.6. The normalized spacial score (nSPS) is 11.5. The van der Waals surface area contributed by atoms with Crippen LogP contribution in [-0.4, -0.2) is 11.1 Å². The van der Waals surface area contributed by atoms with Crippen molar-refractivity contribution in [3.63, 3.8) is 0 Å². The molecule has 2 aromatic carbocycles. The summed E-state index contributed by atoms with van der Waals surface area (Å²) >= 11 is 12.1. The Bertz CT molecular complexity index is 734. The molecule has 0 atom stereocenters. The summed E-state index contributed by atoms with van der Waals surface area (Å²) in [4.78, 5) is 11.6. The SMILES string of the molecule is Cc1ccc(C)c(/C(=C/c2cccc(Cl)c2Cl)C(=O)O)c1. The molecule has 0 bridgehead atoms. The van der Waals surface area contributed by atoms with E-state index in [1.54, 1.807) is 24.3 Å². The molecule has 0 unspecified atom stereocenters. The minimum atomic E-state index is -1.00. The second-order valence-electron chi connectivity index (χ2n) is 4.82. The number of carboxylic acids is 1. The number of aryl methyl sites for hydroxylation is 2. The first-order chi connectivity index (χ1) is 9.90. The van der Waals surface area contributed by atoms with Crippen molar-refractivity contribution in [2.45, 2.75) is 13.8 Å². The third kappa shape index (κ3) is 3.46. The third-order valence-electron chi connectivity index (χ3n) is 3.19. The fourth-order valence-corrected chi connectivity index (χ4v) is 2.43. The highest BCUT2D eigenvalue weighted by molar-refractivity contribution is 6.43.